The van der Waals surface area contributed by atoms with Crippen molar-refractivity contribution in [3.05, 3.63) is 33.5 Å². The fourth-order valence-corrected chi connectivity index (χ4v) is 3.64. The molecule has 0 aliphatic rings. The number of rotatable bonds is 6. The Morgan fingerprint density at radius 3 is 2.58 bits per heavy atom. The van der Waals surface area contributed by atoms with Crippen molar-refractivity contribution >= 4 is 57.7 Å². The summed E-state index contributed by atoms with van der Waals surface area (Å²) in [5, 5.41) is 11.9. The first-order valence-corrected chi connectivity index (χ1v) is 9.28. The molecular formula is C16H26IN5S2. The zero-order valence-electron chi connectivity index (χ0n) is 14.8. The van der Waals surface area contributed by atoms with Crippen molar-refractivity contribution in [2.45, 2.75) is 25.8 Å². The minimum atomic E-state index is 0. The molecular weight excluding hydrogens is 453 g/mol. The van der Waals surface area contributed by atoms with Crippen LogP contribution in [0.25, 0.3) is 0 Å². The summed E-state index contributed by atoms with van der Waals surface area (Å²) < 4.78 is 0. The van der Waals surface area contributed by atoms with Crippen LogP contribution >= 0.6 is 46.7 Å². The topological polar surface area (TPSA) is 52.6 Å². The summed E-state index contributed by atoms with van der Waals surface area (Å²) in [5.74, 6) is 0.800. The van der Waals surface area contributed by atoms with Crippen LogP contribution in [-0.2, 0) is 12.0 Å². The van der Waals surface area contributed by atoms with Gasteiger partial charge >= 0.3 is 0 Å². The van der Waals surface area contributed by atoms with Crippen molar-refractivity contribution < 1.29 is 0 Å². The highest BCUT2D eigenvalue weighted by Crippen LogP contribution is 2.26. The second-order valence-corrected chi connectivity index (χ2v) is 7.94. The Kier molecular flexibility index (Phi) is 8.44. The third-order valence-corrected chi connectivity index (χ3v) is 5.76. The van der Waals surface area contributed by atoms with Gasteiger partial charge in [-0.2, -0.15) is 0 Å². The monoisotopic (exact) mass is 479 g/mol. The van der Waals surface area contributed by atoms with E-state index in [1.807, 2.05) is 19.0 Å². The zero-order valence-corrected chi connectivity index (χ0v) is 18.8. The Bertz CT molecular complexity index is 635. The maximum atomic E-state index is 4.57. The fourth-order valence-electron chi connectivity index (χ4n) is 2.03. The van der Waals surface area contributed by atoms with Gasteiger partial charge in [-0.3, -0.25) is 4.99 Å². The second-order valence-electron chi connectivity index (χ2n) is 6.16. The van der Waals surface area contributed by atoms with Crippen LogP contribution in [0, 0.1) is 0 Å². The third kappa shape index (κ3) is 5.89. The van der Waals surface area contributed by atoms with Crippen molar-refractivity contribution in [2.75, 3.05) is 32.6 Å². The largest absolute Gasteiger partial charge is 0.356 e. The van der Waals surface area contributed by atoms with Crippen LogP contribution in [-0.4, -0.2) is 38.6 Å². The number of halogens is 1. The Balaban J connectivity index is 0.00000288. The van der Waals surface area contributed by atoms with Gasteiger partial charge in [0.2, 0.25) is 0 Å². The SMILES string of the molecule is CN=C(NCc1csc(N(C)C)n1)NCC(C)(C)c1cccs1.I. The maximum Gasteiger partial charge on any atom is 0.191 e. The Morgan fingerprint density at radius 1 is 1.29 bits per heavy atom. The molecule has 0 spiro atoms. The lowest BCUT2D eigenvalue weighted by Gasteiger charge is -2.25. The van der Waals surface area contributed by atoms with Crippen molar-refractivity contribution in [1.29, 1.82) is 0 Å². The second kappa shape index (κ2) is 9.57. The molecule has 0 aliphatic carbocycles. The summed E-state index contributed by atoms with van der Waals surface area (Å²) in [7, 11) is 5.80. The number of guanidine groups is 1. The summed E-state index contributed by atoms with van der Waals surface area (Å²) in [4.78, 5) is 12.2. The van der Waals surface area contributed by atoms with Crippen molar-refractivity contribution in [1.82, 2.24) is 15.6 Å². The van der Waals surface area contributed by atoms with E-state index in [1.54, 1.807) is 29.7 Å². The highest BCUT2D eigenvalue weighted by molar-refractivity contribution is 14.0. The van der Waals surface area contributed by atoms with Gasteiger partial charge in [0.15, 0.2) is 11.1 Å². The van der Waals surface area contributed by atoms with Crippen LogP contribution in [0.15, 0.2) is 27.9 Å². The lowest BCUT2D eigenvalue weighted by Crippen LogP contribution is -2.43. The van der Waals surface area contributed by atoms with E-state index < -0.39 is 0 Å². The number of hydrogen-bond donors (Lipinski definition) is 2. The van der Waals surface area contributed by atoms with E-state index in [-0.39, 0.29) is 29.4 Å². The molecule has 0 fully saturated rings. The van der Waals surface area contributed by atoms with Crippen LogP contribution in [0.2, 0.25) is 0 Å². The van der Waals surface area contributed by atoms with E-state index >= 15 is 0 Å². The number of aliphatic imine (C=N–C) groups is 1. The first kappa shape index (κ1) is 21.2. The Hall–Kier alpha value is -0.870. The number of thiophene rings is 1. The molecule has 5 nitrogen and oxygen atoms in total. The van der Waals surface area contributed by atoms with Gasteiger partial charge < -0.3 is 15.5 Å². The highest BCUT2D eigenvalue weighted by atomic mass is 127. The molecule has 2 rings (SSSR count). The van der Waals surface area contributed by atoms with Gasteiger partial charge in [0.05, 0.1) is 12.2 Å². The smallest absolute Gasteiger partial charge is 0.191 e. The third-order valence-electron chi connectivity index (χ3n) is 3.47. The minimum absolute atomic E-state index is 0. The van der Waals surface area contributed by atoms with Gasteiger partial charge in [-0.15, -0.1) is 46.7 Å². The summed E-state index contributed by atoms with van der Waals surface area (Å²) in [6.45, 7) is 5.97. The molecule has 2 aromatic rings. The molecule has 0 unspecified atom stereocenters. The molecule has 24 heavy (non-hydrogen) atoms. The Labute approximate surface area is 169 Å². The molecule has 0 aromatic carbocycles. The molecule has 134 valence electrons. The van der Waals surface area contributed by atoms with Gasteiger partial charge in [0, 0.05) is 43.4 Å². The van der Waals surface area contributed by atoms with Gasteiger partial charge in [-0.25, -0.2) is 4.98 Å². The van der Waals surface area contributed by atoms with E-state index in [1.165, 1.54) is 4.88 Å². The number of nitrogens with one attached hydrogen (secondary N) is 2. The number of nitrogens with zero attached hydrogens (tertiary/aromatic N) is 3. The molecule has 2 aromatic heterocycles. The van der Waals surface area contributed by atoms with Gasteiger partial charge in [-0.1, -0.05) is 19.9 Å². The summed E-state index contributed by atoms with van der Waals surface area (Å²) in [6, 6.07) is 4.28. The fraction of sp³-hybridized carbons (Fsp3) is 0.500. The van der Waals surface area contributed by atoms with E-state index in [4.69, 9.17) is 0 Å². The molecule has 0 saturated heterocycles. The standard InChI is InChI=1S/C16H25N5S2.HI/c1-16(2,13-7-6-8-22-13)11-19-14(17-3)18-9-12-10-23-15(20-12)21(4)5;/h6-8,10H,9,11H2,1-5H3,(H2,17,18,19);1H. The molecule has 0 aliphatic heterocycles. The normalized spacial score (nSPS) is 11.8. The lowest BCUT2D eigenvalue weighted by atomic mass is 9.91. The number of hydrogen-bond acceptors (Lipinski definition) is 5. The van der Waals surface area contributed by atoms with Gasteiger partial charge in [-0.05, 0) is 11.4 Å². The van der Waals surface area contributed by atoms with Crippen LogP contribution < -0.4 is 15.5 Å². The predicted molar refractivity (Wildman–Crippen MR) is 117 cm³/mol. The number of thiazole rings is 1. The van der Waals surface area contributed by atoms with Crippen molar-refractivity contribution in [3.63, 3.8) is 0 Å². The molecule has 0 saturated carbocycles. The van der Waals surface area contributed by atoms with E-state index in [0.29, 0.717) is 6.54 Å². The highest BCUT2D eigenvalue weighted by Gasteiger charge is 2.21. The quantitative estimate of drug-likeness (QED) is 0.378. The minimum Gasteiger partial charge on any atom is -0.356 e. The van der Waals surface area contributed by atoms with Crippen LogP contribution in [0.1, 0.15) is 24.4 Å². The van der Waals surface area contributed by atoms with Gasteiger partial charge in [0.1, 0.15) is 0 Å². The number of aromatic nitrogens is 1. The van der Waals surface area contributed by atoms with Crippen molar-refractivity contribution in [3.8, 4) is 0 Å². The van der Waals surface area contributed by atoms with Gasteiger partial charge in [0.25, 0.3) is 0 Å². The maximum absolute atomic E-state index is 4.57. The van der Waals surface area contributed by atoms with Crippen LogP contribution in [0.3, 0.4) is 0 Å². The molecule has 2 heterocycles. The van der Waals surface area contributed by atoms with E-state index in [2.05, 4.69) is 57.4 Å². The zero-order chi connectivity index (χ0) is 16.9. The number of anilines is 1. The average Bonchev–Trinajstić information content (AvgIpc) is 3.19. The van der Waals surface area contributed by atoms with Crippen LogP contribution in [0.5, 0.6) is 0 Å². The summed E-state index contributed by atoms with van der Waals surface area (Å²) in [6.07, 6.45) is 0. The lowest BCUT2D eigenvalue weighted by molar-refractivity contribution is 0.518. The molecule has 0 amide bonds. The first-order valence-electron chi connectivity index (χ1n) is 7.52. The van der Waals surface area contributed by atoms with Crippen molar-refractivity contribution in [2.24, 2.45) is 4.99 Å². The summed E-state index contributed by atoms with van der Waals surface area (Å²) >= 11 is 3.44. The molecule has 0 atom stereocenters. The molecule has 2 N–H and O–H groups in total. The summed E-state index contributed by atoms with van der Waals surface area (Å²) in [5.41, 5.74) is 1.10. The average molecular weight is 479 g/mol. The van der Waals surface area contributed by atoms with E-state index in [9.17, 15) is 0 Å². The van der Waals surface area contributed by atoms with Crippen LogP contribution in [0.4, 0.5) is 5.13 Å². The Morgan fingerprint density at radius 2 is 2.04 bits per heavy atom. The molecule has 0 bridgehead atoms. The molecule has 8 heteroatoms. The predicted octanol–water partition coefficient (Wildman–Crippen LogP) is 3.53. The van der Waals surface area contributed by atoms with E-state index in [0.717, 1.165) is 23.3 Å². The molecule has 0 radical (unpaired) electrons. The first-order chi connectivity index (χ1) is 10.9.